The molecule has 6 heteroatoms. The first-order valence-corrected chi connectivity index (χ1v) is 9.26. The largest absolute Gasteiger partial charge is 0.340 e. The number of likely N-dealkylation sites (N-methyl/N-ethyl adjacent to an activating group) is 1. The molecule has 0 bridgehead atoms. The van der Waals surface area contributed by atoms with Crippen LogP contribution in [0.1, 0.15) is 46.5 Å². The van der Waals surface area contributed by atoms with Crippen LogP contribution in [0.3, 0.4) is 0 Å². The van der Waals surface area contributed by atoms with E-state index in [2.05, 4.69) is 0 Å². The fourth-order valence-corrected chi connectivity index (χ4v) is 3.45. The quantitative estimate of drug-likeness (QED) is 0.719. The SMILES string of the molecule is CC(C)CC(C(=O)N(C)Cc1ccc(F)cc1)N1C(=O)c2ccccc2C1=O. The summed E-state index contributed by atoms with van der Waals surface area (Å²) >= 11 is 0. The summed E-state index contributed by atoms with van der Waals surface area (Å²) in [6.07, 6.45) is 0.373. The van der Waals surface area contributed by atoms with Crippen LogP contribution in [0.5, 0.6) is 0 Å². The molecule has 0 spiro atoms. The maximum atomic E-state index is 13.2. The molecule has 1 unspecified atom stereocenters. The number of nitrogens with zero attached hydrogens (tertiary/aromatic N) is 2. The maximum absolute atomic E-state index is 13.2. The Bertz CT molecular complexity index is 873. The van der Waals surface area contributed by atoms with Crippen LogP contribution < -0.4 is 0 Å². The number of imide groups is 1. The first kappa shape index (κ1) is 19.7. The van der Waals surface area contributed by atoms with Gasteiger partial charge < -0.3 is 4.90 Å². The minimum atomic E-state index is -0.877. The van der Waals surface area contributed by atoms with Crippen LogP contribution in [-0.4, -0.2) is 40.6 Å². The lowest BCUT2D eigenvalue weighted by Crippen LogP contribution is -2.50. The lowest BCUT2D eigenvalue weighted by Gasteiger charge is -2.30. The van der Waals surface area contributed by atoms with Crippen molar-refractivity contribution in [3.05, 3.63) is 71.0 Å². The Hall–Kier alpha value is -3.02. The predicted molar refractivity (Wildman–Crippen MR) is 103 cm³/mol. The number of rotatable bonds is 6. The zero-order chi connectivity index (χ0) is 20.4. The van der Waals surface area contributed by atoms with E-state index in [1.54, 1.807) is 43.4 Å². The summed E-state index contributed by atoms with van der Waals surface area (Å²) in [5, 5.41) is 0. The molecule has 3 rings (SSSR count). The van der Waals surface area contributed by atoms with Gasteiger partial charge >= 0.3 is 0 Å². The summed E-state index contributed by atoms with van der Waals surface area (Å²) in [5.74, 6) is -1.42. The van der Waals surface area contributed by atoms with Gasteiger partial charge in [0, 0.05) is 13.6 Å². The second-order valence-corrected chi connectivity index (χ2v) is 7.49. The zero-order valence-electron chi connectivity index (χ0n) is 16.2. The maximum Gasteiger partial charge on any atom is 0.262 e. The normalized spacial score (nSPS) is 14.4. The lowest BCUT2D eigenvalue weighted by atomic mass is 10.0. The van der Waals surface area contributed by atoms with Gasteiger partial charge in [0.2, 0.25) is 5.91 Å². The minimum Gasteiger partial charge on any atom is -0.340 e. The smallest absolute Gasteiger partial charge is 0.262 e. The highest BCUT2D eigenvalue weighted by Crippen LogP contribution is 2.28. The molecule has 28 heavy (non-hydrogen) atoms. The van der Waals surface area contributed by atoms with E-state index < -0.39 is 17.9 Å². The van der Waals surface area contributed by atoms with Crippen LogP contribution in [-0.2, 0) is 11.3 Å². The van der Waals surface area contributed by atoms with Crippen molar-refractivity contribution in [2.45, 2.75) is 32.9 Å². The van der Waals surface area contributed by atoms with Gasteiger partial charge in [-0.25, -0.2) is 4.39 Å². The second kappa shape index (κ2) is 7.92. The molecule has 3 amide bonds. The molecule has 0 aromatic heterocycles. The van der Waals surface area contributed by atoms with Crippen molar-refractivity contribution < 1.29 is 18.8 Å². The summed E-state index contributed by atoms with van der Waals surface area (Å²) in [5.41, 5.74) is 1.42. The van der Waals surface area contributed by atoms with E-state index >= 15 is 0 Å². The predicted octanol–water partition coefficient (Wildman–Crippen LogP) is 3.50. The molecule has 1 aliphatic heterocycles. The van der Waals surface area contributed by atoms with Crippen molar-refractivity contribution in [3.8, 4) is 0 Å². The van der Waals surface area contributed by atoms with Crippen LogP contribution in [0.2, 0.25) is 0 Å². The standard InChI is InChI=1S/C22H23FN2O3/c1-14(2)12-19(22(28)24(3)13-15-8-10-16(23)11-9-15)25-20(26)17-6-4-5-7-18(17)21(25)27/h4-11,14,19H,12-13H2,1-3H3. The number of halogens is 1. The van der Waals surface area contributed by atoms with Crippen molar-refractivity contribution >= 4 is 17.7 Å². The van der Waals surface area contributed by atoms with Crippen LogP contribution in [0.15, 0.2) is 48.5 Å². The molecule has 0 saturated carbocycles. The van der Waals surface area contributed by atoms with E-state index in [4.69, 9.17) is 0 Å². The van der Waals surface area contributed by atoms with E-state index in [0.717, 1.165) is 10.5 Å². The molecule has 0 radical (unpaired) electrons. The van der Waals surface area contributed by atoms with E-state index in [9.17, 15) is 18.8 Å². The summed E-state index contributed by atoms with van der Waals surface area (Å²) in [6.45, 7) is 4.15. The molecule has 0 saturated heterocycles. The number of carbonyl (C=O) groups excluding carboxylic acids is 3. The Morgan fingerprint density at radius 2 is 1.54 bits per heavy atom. The molecular formula is C22H23FN2O3. The monoisotopic (exact) mass is 382 g/mol. The molecule has 0 fully saturated rings. The third-order valence-electron chi connectivity index (χ3n) is 4.83. The van der Waals surface area contributed by atoms with E-state index in [1.165, 1.54) is 17.0 Å². The summed E-state index contributed by atoms with van der Waals surface area (Å²) in [7, 11) is 1.62. The topological polar surface area (TPSA) is 57.7 Å². The Balaban J connectivity index is 1.86. The highest BCUT2D eigenvalue weighted by Gasteiger charge is 2.43. The molecular weight excluding hydrogens is 359 g/mol. The van der Waals surface area contributed by atoms with Crippen LogP contribution in [0, 0.1) is 11.7 Å². The third-order valence-corrected chi connectivity index (χ3v) is 4.83. The molecule has 0 N–H and O–H groups in total. The molecule has 1 atom stereocenters. The van der Waals surface area contributed by atoms with Gasteiger partial charge in [0.15, 0.2) is 0 Å². The Morgan fingerprint density at radius 1 is 1.00 bits per heavy atom. The lowest BCUT2D eigenvalue weighted by molar-refractivity contribution is -0.135. The number of amides is 3. The molecule has 2 aromatic rings. The number of hydrogen-bond donors (Lipinski definition) is 0. The molecule has 1 aliphatic rings. The Labute approximate surface area is 163 Å². The van der Waals surface area contributed by atoms with Crippen LogP contribution in [0.4, 0.5) is 4.39 Å². The summed E-state index contributed by atoms with van der Waals surface area (Å²) < 4.78 is 13.1. The minimum absolute atomic E-state index is 0.109. The van der Waals surface area contributed by atoms with Crippen molar-refractivity contribution in [1.82, 2.24) is 9.80 Å². The van der Waals surface area contributed by atoms with E-state index in [-0.39, 0.29) is 24.2 Å². The number of fused-ring (bicyclic) bond motifs is 1. The van der Waals surface area contributed by atoms with Crippen LogP contribution in [0.25, 0.3) is 0 Å². The Kier molecular flexibility index (Phi) is 5.58. The first-order chi connectivity index (χ1) is 13.3. The van der Waals surface area contributed by atoms with E-state index in [0.29, 0.717) is 17.5 Å². The average molecular weight is 382 g/mol. The summed E-state index contributed by atoms with van der Waals surface area (Å²) in [6, 6.07) is 11.6. The molecule has 2 aromatic carbocycles. The van der Waals surface area contributed by atoms with Crippen molar-refractivity contribution in [3.63, 3.8) is 0 Å². The average Bonchev–Trinajstić information content (AvgIpc) is 2.92. The fraction of sp³-hybridized carbons (Fsp3) is 0.318. The van der Waals surface area contributed by atoms with Gasteiger partial charge in [0.25, 0.3) is 11.8 Å². The van der Waals surface area contributed by atoms with Crippen molar-refractivity contribution in [1.29, 1.82) is 0 Å². The first-order valence-electron chi connectivity index (χ1n) is 9.26. The second-order valence-electron chi connectivity index (χ2n) is 7.49. The van der Waals surface area contributed by atoms with Crippen molar-refractivity contribution in [2.24, 2.45) is 5.92 Å². The number of benzene rings is 2. The highest BCUT2D eigenvalue weighted by atomic mass is 19.1. The van der Waals surface area contributed by atoms with Gasteiger partial charge in [-0.05, 0) is 42.2 Å². The molecule has 5 nitrogen and oxygen atoms in total. The zero-order valence-corrected chi connectivity index (χ0v) is 16.2. The van der Waals surface area contributed by atoms with E-state index in [1.807, 2.05) is 13.8 Å². The molecule has 0 aliphatic carbocycles. The molecule has 1 heterocycles. The third kappa shape index (κ3) is 3.81. The van der Waals surface area contributed by atoms with Gasteiger partial charge in [-0.15, -0.1) is 0 Å². The molecule has 146 valence electrons. The van der Waals surface area contributed by atoms with Gasteiger partial charge in [0.05, 0.1) is 11.1 Å². The highest BCUT2D eigenvalue weighted by molar-refractivity contribution is 6.22. The van der Waals surface area contributed by atoms with Crippen molar-refractivity contribution in [2.75, 3.05) is 7.05 Å². The number of carbonyl (C=O) groups is 3. The van der Waals surface area contributed by atoms with Gasteiger partial charge in [0.1, 0.15) is 11.9 Å². The Morgan fingerprint density at radius 3 is 2.04 bits per heavy atom. The summed E-state index contributed by atoms with van der Waals surface area (Å²) in [4.78, 5) is 41.4. The van der Waals surface area contributed by atoms with Crippen LogP contribution >= 0.6 is 0 Å². The fourth-order valence-electron chi connectivity index (χ4n) is 3.45. The van der Waals surface area contributed by atoms with Gasteiger partial charge in [-0.3, -0.25) is 19.3 Å². The number of hydrogen-bond acceptors (Lipinski definition) is 3. The van der Waals surface area contributed by atoms with Gasteiger partial charge in [-0.1, -0.05) is 38.1 Å². The van der Waals surface area contributed by atoms with Gasteiger partial charge in [-0.2, -0.15) is 0 Å².